The average Bonchev–Trinajstić information content (AvgIpc) is 2.86. The van der Waals surface area contributed by atoms with Crippen molar-refractivity contribution < 1.29 is 33.5 Å². The Morgan fingerprint density at radius 1 is 0.775 bits per heavy atom. The van der Waals surface area contributed by atoms with Gasteiger partial charge in [0, 0.05) is 0 Å². The molecule has 1 fully saturated rings. The van der Waals surface area contributed by atoms with Gasteiger partial charge in [0.2, 0.25) is 29.5 Å². The Balaban J connectivity index is 3.22. The average molecular weight is 568 g/mol. The normalized spacial score (nSPS) is 26.5. The van der Waals surface area contributed by atoms with E-state index in [1.165, 1.54) is 13.8 Å². The van der Waals surface area contributed by atoms with Gasteiger partial charge in [-0.25, -0.2) is 4.79 Å². The van der Waals surface area contributed by atoms with E-state index < -0.39 is 65.8 Å². The van der Waals surface area contributed by atoms with E-state index >= 15 is 0 Å². The highest BCUT2D eigenvalue weighted by atomic mass is 16.5. The van der Waals surface area contributed by atoms with Crippen LogP contribution in [-0.2, 0) is 33.5 Å². The molecule has 1 aliphatic heterocycles. The minimum absolute atomic E-state index is 0.0359. The standard InChI is InChI=1S/C28H49N5O7/c1-8-9-10-11-12-20-14-22(34)29-15-23(35)33-24(17(4)5)27(38)32-21(13-16(2)3)26(37)30-18(6)25(36)31-19(7)28(39)40-20/h16-21,24H,8-15H2,1-7H3,(H,29,34)(H,30,37)(H,31,36)(H,32,38)(H,33,35)/t18-,19+,20+,21+,24+/m0/s1. The quantitative estimate of drug-likeness (QED) is 0.216. The minimum Gasteiger partial charge on any atom is -0.460 e. The second-order valence-corrected chi connectivity index (χ2v) is 11.3. The lowest BCUT2D eigenvalue weighted by atomic mass is 9.99. The predicted octanol–water partition coefficient (Wildman–Crippen LogP) is 1.07. The molecule has 0 radical (unpaired) electrons. The number of hydrogen-bond donors (Lipinski definition) is 5. The Kier molecular flexibility index (Phi) is 15.2. The molecule has 0 saturated carbocycles. The number of carbonyl (C=O) groups is 6. The molecule has 5 N–H and O–H groups in total. The number of rotatable bonds is 8. The maximum atomic E-state index is 13.1. The van der Waals surface area contributed by atoms with Crippen molar-refractivity contribution >= 4 is 35.5 Å². The van der Waals surface area contributed by atoms with Crippen molar-refractivity contribution in [2.45, 2.75) is 124 Å². The van der Waals surface area contributed by atoms with Crippen LogP contribution in [0.2, 0.25) is 0 Å². The molecule has 0 aromatic rings. The van der Waals surface area contributed by atoms with Crippen molar-refractivity contribution in [2.24, 2.45) is 11.8 Å². The Morgan fingerprint density at radius 3 is 2.02 bits per heavy atom. The lowest BCUT2D eigenvalue weighted by Gasteiger charge is -2.27. The number of cyclic esters (lactones) is 1. The smallest absolute Gasteiger partial charge is 0.328 e. The lowest BCUT2D eigenvalue weighted by Crippen LogP contribution is -2.58. The maximum absolute atomic E-state index is 13.1. The molecule has 1 heterocycles. The van der Waals surface area contributed by atoms with E-state index in [0.717, 1.165) is 25.7 Å². The van der Waals surface area contributed by atoms with Crippen LogP contribution in [0.1, 0.15) is 93.4 Å². The summed E-state index contributed by atoms with van der Waals surface area (Å²) in [5, 5.41) is 13.0. The van der Waals surface area contributed by atoms with Gasteiger partial charge in [-0.05, 0) is 44.9 Å². The van der Waals surface area contributed by atoms with E-state index in [-0.39, 0.29) is 24.8 Å². The van der Waals surface area contributed by atoms with Gasteiger partial charge in [-0.15, -0.1) is 0 Å². The Morgan fingerprint density at radius 2 is 1.43 bits per heavy atom. The van der Waals surface area contributed by atoms with Gasteiger partial charge in [0.05, 0.1) is 13.0 Å². The van der Waals surface area contributed by atoms with Gasteiger partial charge >= 0.3 is 5.97 Å². The van der Waals surface area contributed by atoms with Gasteiger partial charge < -0.3 is 31.3 Å². The summed E-state index contributed by atoms with van der Waals surface area (Å²) in [5.74, 6) is -3.75. The summed E-state index contributed by atoms with van der Waals surface area (Å²) in [6, 6.07) is -3.95. The van der Waals surface area contributed by atoms with Crippen LogP contribution in [0.5, 0.6) is 0 Å². The molecule has 228 valence electrons. The first-order valence-electron chi connectivity index (χ1n) is 14.4. The van der Waals surface area contributed by atoms with Crippen LogP contribution in [0.15, 0.2) is 0 Å². The van der Waals surface area contributed by atoms with Crippen LogP contribution in [0.3, 0.4) is 0 Å². The van der Waals surface area contributed by atoms with Crippen LogP contribution in [0.4, 0.5) is 0 Å². The number of ether oxygens (including phenoxy) is 1. The van der Waals surface area contributed by atoms with E-state index in [1.807, 2.05) is 13.8 Å². The summed E-state index contributed by atoms with van der Waals surface area (Å²) in [5.41, 5.74) is 0. The van der Waals surface area contributed by atoms with Gasteiger partial charge in [0.1, 0.15) is 30.3 Å². The Labute approximate surface area is 237 Å². The molecule has 0 aromatic heterocycles. The highest BCUT2D eigenvalue weighted by Gasteiger charge is 2.31. The highest BCUT2D eigenvalue weighted by Crippen LogP contribution is 2.13. The third-order valence-corrected chi connectivity index (χ3v) is 6.59. The number of carbonyl (C=O) groups excluding carboxylic acids is 6. The summed E-state index contributed by atoms with van der Waals surface area (Å²) in [6.07, 6.45) is 3.53. The molecule has 0 unspecified atom stereocenters. The molecule has 40 heavy (non-hydrogen) atoms. The molecule has 0 spiro atoms. The molecule has 0 aromatic carbocycles. The first kappa shape index (κ1) is 34.8. The highest BCUT2D eigenvalue weighted by molar-refractivity contribution is 5.95. The van der Waals surface area contributed by atoms with Crippen LogP contribution in [0, 0.1) is 11.8 Å². The molecule has 1 aliphatic rings. The largest absolute Gasteiger partial charge is 0.460 e. The number of nitrogens with one attached hydrogen (secondary N) is 5. The van der Waals surface area contributed by atoms with Crippen LogP contribution in [-0.4, -0.2) is 72.3 Å². The van der Waals surface area contributed by atoms with Crippen molar-refractivity contribution in [3.63, 3.8) is 0 Å². The molecule has 1 saturated heterocycles. The molecular formula is C28H49N5O7. The number of hydrogen-bond acceptors (Lipinski definition) is 7. The maximum Gasteiger partial charge on any atom is 0.328 e. The summed E-state index contributed by atoms with van der Waals surface area (Å²) in [6.45, 7) is 11.9. The topological polar surface area (TPSA) is 172 Å². The van der Waals surface area contributed by atoms with Crippen molar-refractivity contribution in [3.8, 4) is 0 Å². The Hall–Kier alpha value is -3.18. The van der Waals surface area contributed by atoms with Crippen molar-refractivity contribution in [1.82, 2.24) is 26.6 Å². The summed E-state index contributed by atoms with van der Waals surface area (Å²) < 4.78 is 5.58. The van der Waals surface area contributed by atoms with E-state index in [9.17, 15) is 28.8 Å². The fraction of sp³-hybridized carbons (Fsp3) is 0.786. The number of esters is 1. The van der Waals surface area contributed by atoms with Crippen LogP contribution in [0.25, 0.3) is 0 Å². The summed E-state index contributed by atoms with van der Waals surface area (Å²) >= 11 is 0. The first-order valence-corrected chi connectivity index (χ1v) is 14.4. The van der Waals surface area contributed by atoms with Crippen molar-refractivity contribution in [1.29, 1.82) is 0 Å². The van der Waals surface area contributed by atoms with Crippen molar-refractivity contribution in [2.75, 3.05) is 6.54 Å². The molecule has 5 atom stereocenters. The molecule has 5 amide bonds. The molecule has 12 nitrogen and oxygen atoms in total. The van der Waals surface area contributed by atoms with E-state index in [2.05, 4.69) is 33.5 Å². The molecule has 1 rings (SSSR count). The van der Waals surface area contributed by atoms with Crippen molar-refractivity contribution in [3.05, 3.63) is 0 Å². The molecule has 0 aliphatic carbocycles. The zero-order valence-electron chi connectivity index (χ0n) is 25.1. The number of unbranched alkanes of at least 4 members (excludes halogenated alkanes) is 3. The summed E-state index contributed by atoms with van der Waals surface area (Å²) in [7, 11) is 0. The third-order valence-electron chi connectivity index (χ3n) is 6.59. The zero-order valence-corrected chi connectivity index (χ0v) is 25.1. The summed E-state index contributed by atoms with van der Waals surface area (Å²) in [4.78, 5) is 77.0. The monoisotopic (exact) mass is 567 g/mol. The molecule has 0 bridgehead atoms. The van der Waals surface area contributed by atoms with E-state index in [0.29, 0.717) is 12.8 Å². The first-order chi connectivity index (χ1) is 18.7. The SMILES string of the molecule is CCCCCC[C@@H]1CC(=O)NCC(=O)N[C@H](C(C)C)C(=O)N[C@H](CC(C)C)C(=O)N[C@@H](C)C(=O)N[C@H](C)C(=O)O1. The van der Waals surface area contributed by atoms with Gasteiger partial charge in [-0.1, -0.05) is 53.9 Å². The predicted molar refractivity (Wildman–Crippen MR) is 150 cm³/mol. The molecule has 12 heteroatoms. The lowest BCUT2D eigenvalue weighted by molar-refractivity contribution is -0.154. The van der Waals surface area contributed by atoms with E-state index in [1.54, 1.807) is 13.8 Å². The number of amides is 5. The van der Waals surface area contributed by atoms with Gasteiger partial charge in [0.25, 0.3) is 0 Å². The fourth-order valence-electron chi connectivity index (χ4n) is 4.23. The minimum atomic E-state index is -1.03. The van der Waals surface area contributed by atoms with Gasteiger partial charge in [-0.2, -0.15) is 0 Å². The van der Waals surface area contributed by atoms with Gasteiger partial charge in [-0.3, -0.25) is 24.0 Å². The van der Waals surface area contributed by atoms with Gasteiger partial charge in [0.15, 0.2) is 0 Å². The Bertz CT molecular complexity index is 892. The van der Waals surface area contributed by atoms with Crippen LogP contribution < -0.4 is 26.6 Å². The fourth-order valence-corrected chi connectivity index (χ4v) is 4.23. The molecular weight excluding hydrogens is 518 g/mol. The second-order valence-electron chi connectivity index (χ2n) is 11.3. The third kappa shape index (κ3) is 12.8. The van der Waals surface area contributed by atoms with E-state index in [4.69, 9.17) is 4.74 Å². The second kappa shape index (κ2) is 17.5. The van der Waals surface area contributed by atoms with Crippen LogP contribution >= 0.6 is 0 Å². The zero-order chi connectivity index (χ0) is 30.4.